The Morgan fingerprint density at radius 3 is 2.68 bits per heavy atom. The Bertz CT molecular complexity index is 623. The van der Waals surface area contributed by atoms with Crippen LogP contribution in [0.2, 0.25) is 0 Å². The molecule has 22 heavy (non-hydrogen) atoms. The third-order valence-corrected chi connectivity index (χ3v) is 6.21. The molecule has 1 aromatic rings. The summed E-state index contributed by atoms with van der Waals surface area (Å²) in [5.41, 5.74) is 4.53. The summed E-state index contributed by atoms with van der Waals surface area (Å²) in [4.78, 5) is 0. The quantitative estimate of drug-likeness (QED) is 0.831. The lowest BCUT2D eigenvalue weighted by atomic mass is 9.66. The van der Waals surface area contributed by atoms with Gasteiger partial charge in [-0.25, -0.2) is 0 Å². The van der Waals surface area contributed by atoms with Crippen molar-refractivity contribution in [2.75, 3.05) is 0 Å². The Morgan fingerprint density at radius 2 is 1.91 bits per heavy atom. The minimum absolute atomic E-state index is 0.0817. The van der Waals surface area contributed by atoms with Gasteiger partial charge >= 0.3 is 0 Å². The fourth-order valence-corrected chi connectivity index (χ4v) is 5.01. The van der Waals surface area contributed by atoms with Crippen molar-refractivity contribution < 1.29 is 10.2 Å². The van der Waals surface area contributed by atoms with Crippen LogP contribution in [-0.4, -0.2) is 16.3 Å². The van der Waals surface area contributed by atoms with E-state index in [1.165, 1.54) is 29.5 Å². The van der Waals surface area contributed by atoms with Gasteiger partial charge in [0, 0.05) is 0 Å². The van der Waals surface area contributed by atoms with Crippen molar-refractivity contribution in [3.05, 3.63) is 41.0 Å². The number of hydrogen-bond acceptors (Lipinski definition) is 2. The van der Waals surface area contributed by atoms with Crippen LogP contribution in [-0.2, 0) is 12.0 Å². The van der Waals surface area contributed by atoms with E-state index >= 15 is 0 Å². The first-order valence-electron chi connectivity index (χ1n) is 8.69. The van der Waals surface area contributed by atoms with Gasteiger partial charge in [-0.15, -0.1) is 0 Å². The van der Waals surface area contributed by atoms with Gasteiger partial charge in [0.05, 0.1) is 11.7 Å². The van der Waals surface area contributed by atoms with Crippen molar-refractivity contribution >= 4 is 5.57 Å². The van der Waals surface area contributed by atoms with E-state index in [1.54, 1.807) is 0 Å². The van der Waals surface area contributed by atoms with E-state index in [-0.39, 0.29) is 6.10 Å². The molecule has 1 saturated carbocycles. The summed E-state index contributed by atoms with van der Waals surface area (Å²) < 4.78 is 0. The molecule has 1 fully saturated rings. The first-order chi connectivity index (χ1) is 10.4. The van der Waals surface area contributed by atoms with Crippen LogP contribution in [0.4, 0.5) is 0 Å². The topological polar surface area (TPSA) is 40.5 Å². The van der Waals surface area contributed by atoms with Crippen LogP contribution in [0.5, 0.6) is 0 Å². The van der Waals surface area contributed by atoms with Crippen LogP contribution in [0.3, 0.4) is 0 Å². The Labute approximate surface area is 132 Å². The van der Waals surface area contributed by atoms with E-state index in [4.69, 9.17) is 0 Å². The van der Waals surface area contributed by atoms with Gasteiger partial charge < -0.3 is 10.2 Å². The minimum Gasteiger partial charge on any atom is -0.393 e. The summed E-state index contributed by atoms with van der Waals surface area (Å²) in [6.07, 6.45) is 7.80. The summed E-state index contributed by atoms with van der Waals surface area (Å²) in [5.74, 6) is 1.81. The maximum Gasteiger partial charge on any atom is 0.0840 e. The molecule has 118 valence electrons. The van der Waals surface area contributed by atoms with E-state index in [2.05, 4.69) is 24.3 Å². The van der Waals surface area contributed by atoms with Crippen LogP contribution in [0, 0.1) is 17.8 Å². The maximum absolute atomic E-state index is 10.2. The van der Waals surface area contributed by atoms with Crippen molar-refractivity contribution in [1.82, 2.24) is 0 Å². The normalized spacial score (nSPS) is 33.7. The standard InChI is InChI=1S/C20H26O2/c1-20(2,22)13-4-6-14-12(11-13)3-5-16-15(14)7-8-18-17(16)9-10-19(18)21/h4,6-7,11,16-19,21-22H,3,5,8-10H2,1-2H3/t16?,17?,18-,19+/m0/s1. The number of hydrogen-bond donors (Lipinski definition) is 2. The number of aryl methyl sites for hydroxylation is 1. The largest absolute Gasteiger partial charge is 0.393 e. The zero-order valence-electron chi connectivity index (χ0n) is 13.5. The van der Waals surface area contributed by atoms with E-state index in [1.807, 2.05) is 13.8 Å². The Morgan fingerprint density at radius 1 is 1.09 bits per heavy atom. The second-order valence-electron chi connectivity index (χ2n) is 7.94. The van der Waals surface area contributed by atoms with Gasteiger partial charge in [0.25, 0.3) is 0 Å². The fraction of sp³-hybridized carbons (Fsp3) is 0.600. The van der Waals surface area contributed by atoms with Crippen LogP contribution >= 0.6 is 0 Å². The molecular weight excluding hydrogens is 272 g/mol. The van der Waals surface area contributed by atoms with Gasteiger partial charge in [0.1, 0.15) is 0 Å². The first kappa shape index (κ1) is 14.5. The predicted octanol–water partition coefficient (Wildman–Crippen LogP) is 3.65. The zero-order chi connectivity index (χ0) is 15.5. The molecule has 2 heteroatoms. The average molecular weight is 298 g/mol. The lowest BCUT2D eigenvalue weighted by Gasteiger charge is -2.39. The molecule has 3 aliphatic carbocycles. The van der Waals surface area contributed by atoms with Gasteiger partial charge in [-0.3, -0.25) is 0 Å². The molecule has 1 aromatic carbocycles. The smallest absolute Gasteiger partial charge is 0.0840 e. The first-order valence-corrected chi connectivity index (χ1v) is 8.69. The molecule has 0 heterocycles. The maximum atomic E-state index is 10.2. The molecule has 0 spiro atoms. The molecule has 4 rings (SSSR count). The zero-order valence-corrected chi connectivity index (χ0v) is 13.5. The van der Waals surface area contributed by atoms with Crippen molar-refractivity contribution in [2.45, 2.75) is 57.7 Å². The fourth-order valence-electron chi connectivity index (χ4n) is 5.01. The number of aliphatic hydroxyl groups is 2. The van der Waals surface area contributed by atoms with E-state index < -0.39 is 5.60 Å². The van der Waals surface area contributed by atoms with Crippen LogP contribution in [0.1, 0.15) is 56.2 Å². The monoisotopic (exact) mass is 298 g/mol. The van der Waals surface area contributed by atoms with Crippen LogP contribution in [0.25, 0.3) is 5.57 Å². The van der Waals surface area contributed by atoms with Gasteiger partial charge in [0.2, 0.25) is 0 Å². The van der Waals surface area contributed by atoms with Crippen molar-refractivity contribution in [1.29, 1.82) is 0 Å². The Hall–Kier alpha value is -1.12. The highest BCUT2D eigenvalue weighted by Crippen LogP contribution is 2.52. The molecule has 0 aliphatic heterocycles. The second-order valence-corrected chi connectivity index (χ2v) is 7.94. The molecule has 0 radical (unpaired) electrons. The number of rotatable bonds is 1. The second kappa shape index (κ2) is 4.94. The molecule has 0 bridgehead atoms. The van der Waals surface area contributed by atoms with Crippen molar-refractivity contribution in [3.8, 4) is 0 Å². The molecule has 2 unspecified atom stereocenters. The summed E-state index contributed by atoms with van der Waals surface area (Å²) >= 11 is 0. The summed E-state index contributed by atoms with van der Waals surface area (Å²) in [5, 5.41) is 20.4. The SMILES string of the molecule is CC(C)(O)c1ccc2c(c1)CCC1C2=CC[C@H]2C1CC[C@H]2O. The molecule has 0 aromatic heterocycles. The summed E-state index contributed by atoms with van der Waals surface area (Å²) in [6.45, 7) is 3.70. The molecule has 2 N–H and O–H groups in total. The third kappa shape index (κ3) is 2.16. The van der Waals surface area contributed by atoms with Crippen molar-refractivity contribution in [3.63, 3.8) is 0 Å². The number of allylic oxidation sites excluding steroid dienone is 2. The molecule has 3 aliphatic rings. The highest BCUT2D eigenvalue weighted by molar-refractivity contribution is 5.73. The van der Waals surface area contributed by atoms with Gasteiger partial charge in [-0.2, -0.15) is 0 Å². The molecule has 2 nitrogen and oxygen atoms in total. The molecule has 0 amide bonds. The molecule has 4 atom stereocenters. The average Bonchev–Trinajstić information content (AvgIpc) is 2.87. The predicted molar refractivity (Wildman–Crippen MR) is 88.3 cm³/mol. The molecular formula is C20H26O2. The van der Waals surface area contributed by atoms with Crippen molar-refractivity contribution in [2.24, 2.45) is 17.8 Å². The number of benzene rings is 1. The van der Waals surface area contributed by atoms with Gasteiger partial charge in [0.15, 0.2) is 0 Å². The number of fused-ring (bicyclic) bond motifs is 5. The highest BCUT2D eigenvalue weighted by Gasteiger charge is 2.44. The highest BCUT2D eigenvalue weighted by atomic mass is 16.3. The Kier molecular flexibility index (Phi) is 3.25. The van der Waals surface area contributed by atoms with Crippen LogP contribution < -0.4 is 0 Å². The lowest BCUT2D eigenvalue weighted by Crippen LogP contribution is -2.31. The number of aliphatic hydroxyl groups excluding tert-OH is 1. The summed E-state index contributed by atoms with van der Waals surface area (Å²) in [6, 6.07) is 6.49. The third-order valence-electron chi connectivity index (χ3n) is 6.21. The molecule has 0 saturated heterocycles. The van der Waals surface area contributed by atoms with Gasteiger partial charge in [-0.05, 0) is 86.0 Å². The minimum atomic E-state index is -0.770. The van der Waals surface area contributed by atoms with E-state index in [0.29, 0.717) is 17.8 Å². The van der Waals surface area contributed by atoms with Crippen LogP contribution in [0.15, 0.2) is 24.3 Å². The Balaban J connectivity index is 1.72. The van der Waals surface area contributed by atoms with E-state index in [9.17, 15) is 10.2 Å². The van der Waals surface area contributed by atoms with E-state index in [0.717, 1.165) is 24.8 Å². The summed E-state index contributed by atoms with van der Waals surface area (Å²) in [7, 11) is 0. The lowest BCUT2D eigenvalue weighted by molar-refractivity contribution is 0.0784. The van der Waals surface area contributed by atoms with Gasteiger partial charge in [-0.1, -0.05) is 24.3 Å².